The zero-order valence-electron chi connectivity index (χ0n) is 20.6. The average molecular weight is 509 g/mol. The number of aryl methyl sites for hydroxylation is 1. The van der Waals surface area contributed by atoms with Crippen molar-refractivity contribution in [2.45, 2.75) is 51.5 Å². The first-order valence-corrected chi connectivity index (χ1v) is 14.1. The summed E-state index contributed by atoms with van der Waals surface area (Å²) in [6.07, 6.45) is 6.92. The Hall–Kier alpha value is -2.61. The Balaban J connectivity index is 1.50. The molecule has 1 aromatic carbocycles. The van der Waals surface area contributed by atoms with Gasteiger partial charge in [-0.1, -0.05) is 32.1 Å². The van der Waals surface area contributed by atoms with Crippen molar-refractivity contribution >= 4 is 33.5 Å². The molecule has 3 aromatic rings. The van der Waals surface area contributed by atoms with Gasteiger partial charge in [0.05, 0.1) is 16.3 Å². The molecule has 35 heavy (non-hydrogen) atoms. The summed E-state index contributed by atoms with van der Waals surface area (Å²) in [4.78, 5) is 11.0. The first-order chi connectivity index (χ1) is 16.9. The normalized spacial score (nSPS) is 16.7. The highest BCUT2D eigenvalue weighted by Gasteiger charge is 2.22. The van der Waals surface area contributed by atoms with E-state index in [1.165, 1.54) is 25.7 Å². The van der Waals surface area contributed by atoms with Crippen LogP contribution in [-0.4, -0.2) is 40.7 Å². The quantitative estimate of drug-likeness (QED) is 0.313. The molecular weight excluding hydrogens is 472 g/mol. The van der Waals surface area contributed by atoms with Gasteiger partial charge in [-0.25, -0.2) is 4.98 Å². The number of thiazole rings is 1. The molecule has 2 aromatic heterocycles. The molecule has 3 heterocycles. The van der Waals surface area contributed by atoms with Gasteiger partial charge in [0, 0.05) is 42.2 Å². The highest BCUT2D eigenvalue weighted by Crippen LogP contribution is 2.34. The largest absolute Gasteiger partial charge is 0.508 e. The van der Waals surface area contributed by atoms with E-state index >= 15 is 0 Å². The van der Waals surface area contributed by atoms with Crippen molar-refractivity contribution in [2.24, 2.45) is 5.73 Å². The molecule has 0 spiro atoms. The molecule has 1 unspecified atom stereocenters. The molecule has 0 bridgehead atoms. The molecule has 0 radical (unpaired) electrons. The summed E-state index contributed by atoms with van der Waals surface area (Å²) in [5, 5.41) is 15.0. The van der Waals surface area contributed by atoms with E-state index in [1.54, 1.807) is 28.7 Å². The van der Waals surface area contributed by atoms with Gasteiger partial charge in [0.1, 0.15) is 5.75 Å². The van der Waals surface area contributed by atoms with E-state index < -0.39 is 0 Å². The number of rotatable bonds is 10. The van der Waals surface area contributed by atoms with Gasteiger partial charge in [-0.05, 0) is 67.9 Å². The van der Waals surface area contributed by atoms with Crippen LogP contribution in [0.1, 0.15) is 49.0 Å². The average Bonchev–Trinajstić information content (AvgIpc) is 3.49. The smallest absolute Gasteiger partial charge is 0.190 e. The Morgan fingerprint density at radius 2 is 2.09 bits per heavy atom. The summed E-state index contributed by atoms with van der Waals surface area (Å²) in [5.41, 5.74) is 10.6. The van der Waals surface area contributed by atoms with E-state index in [1.807, 2.05) is 19.1 Å². The minimum Gasteiger partial charge on any atom is -0.508 e. The van der Waals surface area contributed by atoms with Gasteiger partial charge in [0.15, 0.2) is 5.13 Å². The summed E-state index contributed by atoms with van der Waals surface area (Å²) >= 11 is 3.35. The van der Waals surface area contributed by atoms with Crippen molar-refractivity contribution in [3.8, 4) is 17.0 Å². The number of benzene rings is 1. The van der Waals surface area contributed by atoms with Crippen LogP contribution in [0.4, 0.5) is 5.13 Å². The molecule has 0 amide bonds. The van der Waals surface area contributed by atoms with Crippen LogP contribution in [0.5, 0.6) is 5.75 Å². The van der Waals surface area contributed by atoms with Gasteiger partial charge in [-0.15, -0.1) is 22.7 Å². The highest BCUT2D eigenvalue weighted by atomic mass is 32.1. The zero-order chi connectivity index (χ0) is 24.8. The van der Waals surface area contributed by atoms with Crippen LogP contribution in [0, 0.1) is 6.92 Å². The monoisotopic (exact) mass is 508 g/mol. The first-order valence-electron chi connectivity index (χ1n) is 12.4. The molecule has 4 rings (SSSR count). The van der Waals surface area contributed by atoms with Crippen molar-refractivity contribution < 1.29 is 5.11 Å². The Kier molecular flexibility index (Phi) is 8.65. The predicted octanol–water partition coefficient (Wildman–Crippen LogP) is 6.86. The van der Waals surface area contributed by atoms with Gasteiger partial charge in [0.2, 0.25) is 0 Å². The second-order valence-corrected chi connectivity index (χ2v) is 11.1. The molecule has 5 nitrogen and oxygen atoms in total. The Morgan fingerprint density at radius 3 is 2.83 bits per heavy atom. The maximum absolute atomic E-state index is 9.90. The van der Waals surface area contributed by atoms with Crippen molar-refractivity contribution in [3.05, 3.63) is 70.4 Å². The molecule has 0 aliphatic carbocycles. The lowest BCUT2D eigenvalue weighted by Gasteiger charge is -2.31. The standard InChI is InChI=1S/C28H36N4OS2/c1-20-17-23(11-12-26(20)33)25-19-35-28(30-25)32(22(3)27-10-7-16-34-27)15-8-14-31-13-6-4-5-9-24(31)18-21(2)29/h7,10-12,16-17,19,24,33H,2-6,8-9,13-15,18,29H2,1H3. The molecule has 1 aliphatic heterocycles. The van der Waals surface area contributed by atoms with E-state index in [2.05, 4.69) is 45.9 Å². The Bertz CT molecular complexity index is 1140. The number of nitrogens with two attached hydrogens (primary N) is 1. The summed E-state index contributed by atoms with van der Waals surface area (Å²) in [6.45, 7) is 13.3. The Labute approximate surface area is 217 Å². The van der Waals surface area contributed by atoms with Crippen LogP contribution in [0.15, 0.2) is 59.9 Å². The van der Waals surface area contributed by atoms with E-state index in [4.69, 9.17) is 10.7 Å². The van der Waals surface area contributed by atoms with Crippen LogP contribution < -0.4 is 10.6 Å². The number of nitrogens with zero attached hydrogens (tertiary/aromatic N) is 3. The van der Waals surface area contributed by atoms with E-state index in [-0.39, 0.29) is 0 Å². The van der Waals surface area contributed by atoms with E-state index in [9.17, 15) is 5.11 Å². The van der Waals surface area contributed by atoms with Crippen LogP contribution >= 0.6 is 22.7 Å². The number of aromatic hydroxyl groups is 1. The molecule has 1 atom stereocenters. The number of anilines is 1. The third kappa shape index (κ3) is 6.54. The summed E-state index contributed by atoms with van der Waals surface area (Å²) in [5.74, 6) is 0.307. The summed E-state index contributed by atoms with van der Waals surface area (Å²) < 4.78 is 0. The lowest BCUT2D eigenvalue weighted by atomic mass is 10.0. The fourth-order valence-corrected chi connectivity index (χ4v) is 6.35. The maximum Gasteiger partial charge on any atom is 0.190 e. The highest BCUT2D eigenvalue weighted by molar-refractivity contribution is 7.14. The third-order valence-corrected chi connectivity index (χ3v) is 8.45. The van der Waals surface area contributed by atoms with Gasteiger partial charge in [-0.3, -0.25) is 4.90 Å². The third-order valence-electron chi connectivity index (χ3n) is 6.67. The van der Waals surface area contributed by atoms with Gasteiger partial charge in [0.25, 0.3) is 0 Å². The topological polar surface area (TPSA) is 65.6 Å². The SMILES string of the molecule is C=C(N)CC1CCCCCN1CCCN(C(=C)c1cccs1)c1nc(-c2ccc(O)c(C)c2)cs1. The van der Waals surface area contributed by atoms with Gasteiger partial charge < -0.3 is 15.7 Å². The van der Waals surface area contributed by atoms with Crippen molar-refractivity contribution in [3.63, 3.8) is 0 Å². The fraction of sp³-hybridized carbons (Fsp3) is 0.393. The minimum atomic E-state index is 0.307. The Morgan fingerprint density at radius 1 is 1.23 bits per heavy atom. The van der Waals surface area contributed by atoms with E-state index in [0.717, 1.165) is 70.7 Å². The fourth-order valence-electron chi connectivity index (χ4n) is 4.75. The lowest BCUT2D eigenvalue weighted by molar-refractivity contribution is 0.197. The number of hydrogen-bond acceptors (Lipinski definition) is 7. The minimum absolute atomic E-state index is 0.307. The molecular formula is C28H36N4OS2. The maximum atomic E-state index is 9.90. The molecule has 1 fully saturated rings. The number of likely N-dealkylation sites (tertiary alicyclic amines) is 1. The number of phenols is 1. The van der Waals surface area contributed by atoms with Crippen LogP contribution in [0.25, 0.3) is 17.0 Å². The van der Waals surface area contributed by atoms with Crippen LogP contribution in [0.3, 0.4) is 0 Å². The number of phenolic OH excluding ortho intramolecular Hbond substituents is 1. The predicted molar refractivity (Wildman–Crippen MR) is 151 cm³/mol. The van der Waals surface area contributed by atoms with Crippen molar-refractivity contribution in [1.29, 1.82) is 0 Å². The summed E-state index contributed by atoms with van der Waals surface area (Å²) in [6, 6.07) is 10.3. The number of hydrogen-bond donors (Lipinski definition) is 2. The number of aromatic nitrogens is 1. The summed E-state index contributed by atoms with van der Waals surface area (Å²) in [7, 11) is 0. The molecule has 0 saturated carbocycles. The zero-order valence-corrected chi connectivity index (χ0v) is 22.2. The van der Waals surface area contributed by atoms with Gasteiger partial charge >= 0.3 is 0 Å². The molecule has 1 saturated heterocycles. The van der Waals surface area contributed by atoms with Crippen molar-refractivity contribution in [2.75, 3.05) is 24.5 Å². The molecule has 7 heteroatoms. The van der Waals surface area contributed by atoms with Crippen molar-refractivity contribution in [1.82, 2.24) is 9.88 Å². The van der Waals surface area contributed by atoms with Crippen LogP contribution in [-0.2, 0) is 0 Å². The second kappa shape index (κ2) is 11.9. The van der Waals surface area contributed by atoms with Gasteiger partial charge in [-0.2, -0.15) is 0 Å². The first kappa shape index (κ1) is 25.5. The molecule has 1 aliphatic rings. The molecule has 3 N–H and O–H groups in total. The molecule has 186 valence electrons. The van der Waals surface area contributed by atoms with E-state index in [0.29, 0.717) is 11.8 Å². The second-order valence-electron chi connectivity index (χ2n) is 9.35. The lowest BCUT2D eigenvalue weighted by Crippen LogP contribution is -2.38. The number of thiophene rings is 1. The van der Waals surface area contributed by atoms with Crippen LogP contribution in [0.2, 0.25) is 0 Å².